The molecule has 0 saturated carbocycles. The minimum Gasteiger partial charge on any atom is -0.481 e. The molecule has 0 aliphatic rings. The van der Waals surface area contributed by atoms with Gasteiger partial charge in [0.05, 0.1) is 12.1 Å². The van der Waals surface area contributed by atoms with Crippen LogP contribution >= 0.6 is 11.5 Å². The molecule has 3 nitrogen and oxygen atoms in total. The maximum atomic E-state index is 10.3. The van der Waals surface area contributed by atoms with Crippen LogP contribution in [0.5, 0.6) is 0 Å². The van der Waals surface area contributed by atoms with Crippen molar-refractivity contribution in [3.63, 3.8) is 0 Å². The van der Waals surface area contributed by atoms with Crippen molar-refractivity contribution in [1.29, 1.82) is 0 Å². The van der Waals surface area contributed by atoms with E-state index in [1.807, 2.05) is 18.4 Å². The van der Waals surface area contributed by atoms with Gasteiger partial charge in [-0.2, -0.15) is 4.37 Å². The molecule has 1 N–H and O–H groups in total. The summed E-state index contributed by atoms with van der Waals surface area (Å²) in [5.74, 6) is -0.746. The van der Waals surface area contributed by atoms with Crippen molar-refractivity contribution in [2.45, 2.75) is 19.3 Å². The molecule has 1 atom stereocenters. The minimum atomic E-state index is -0.773. The Kier molecular flexibility index (Phi) is 2.59. The lowest BCUT2D eigenvalue weighted by atomic mass is 10.1. The van der Waals surface area contributed by atoms with Gasteiger partial charge in [0.15, 0.2) is 0 Å². The Morgan fingerprint density at radius 3 is 3.09 bits per heavy atom. The fourth-order valence-corrected chi connectivity index (χ4v) is 1.47. The molecule has 1 heterocycles. The van der Waals surface area contributed by atoms with Crippen molar-refractivity contribution in [3.05, 3.63) is 17.1 Å². The summed E-state index contributed by atoms with van der Waals surface area (Å²) < 4.78 is 4.05. The summed E-state index contributed by atoms with van der Waals surface area (Å²) in [4.78, 5) is 10.3. The summed E-state index contributed by atoms with van der Waals surface area (Å²) in [5, 5.41) is 10.3. The maximum Gasteiger partial charge on any atom is 0.304 e. The lowest BCUT2D eigenvalue weighted by Gasteiger charge is -2.02. The zero-order chi connectivity index (χ0) is 8.27. The Hall–Kier alpha value is -0.900. The van der Waals surface area contributed by atoms with Crippen LogP contribution in [0.2, 0.25) is 0 Å². The van der Waals surface area contributed by atoms with Gasteiger partial charge in [-0.25, -0.2) is 0 Å². The molecule has 1 unspecified atom stereocenters. The van der Waals surface area contributed by atoms with Crippen molar-refractivity contribution in [2.24, 2.45) is 0 Å². The first-order valence-corrected chi connectivity index (χ1v) is 4.16. The molecule has 0 aliphatic heterocycles. The minimum absolute atomic E-state index is 0.0266. The molecule has 60 valence electrons. The molecular weight excluding hydrogens is 162 g/mol. The van der Waals surface area contributed by atoms with Crippen LogP contribution in [0, 0.1) is 0 Å². The van der Waals surface area contributed by atoms with Crippen LogP contribution in [0.4, 0.5) is 0 Å². The second-order valence-electron chi connectivity index (χ2n) is 2.42. The van der Waals surface area contributed by atoms with Gasteiger partial charge in [-0.3, -0.25) is 4.79 Å². The lowest BCUT2D eigenvalue weighted by molar-refractivity contribution is -0.137. The zero-order valence-corrected chi connectivity index (χ0v) is 6.97. The van der Waals surface area contributed by atoms with Gasteiger partial charge in [0.2, 0.25) is 0 Å². The quantitative estimate of drug-likeness (QED) is 0.753. The van der Waals surface area contributed by atoms with Gasteiger partial charge >= 0.3 is 5.97 Å². The van der Waals surface area contributed by atoms with Crippen LogP contribution in [-0.4, -0.2) is 15.4 Å². The van der Waals surface area contributed by atoms with Crippen molar-refractivity contribution >= 4 is 17.5 Å². The molecule has 0 bridgehead atoms. The highest BCUT2D eigenvalue weighted by Crippen LogP contribution is 2.17. The highest BCUT2D eigenvalue weighted by atomic mass is 32.1. The number of aromatic nitrogens is 1. The van der Waals surface area contributed by atoms with E-state index < -0.39 is 5.97 Å². The van der Waals surface area contributed by atoms with Crippen molar-refractivity contribution < 1.29 is 9.90 Å². The monoisotopic (exact) mass is 171 g/mol. The summed E-state index contributed by atoms with van der Waals surface area (Å²) >= 11 is 1.35. The number of aliphatic carboxylic acids is 1. The molecule has 4 heteroatoms. The van der Waals surface area contributed by atoms with Gasteiger partial charge in [-0.1, -0.05) is 6.92 Å². The smallest absolute Gasteiger partial charge is 0.304 e. The largest absolute Gasteiger partial charge is 0.481 e. The standard InChI is InChI=1S/C7H9NO2S/c1-5(4-7(9)10)6-2-3-11-8-6/h2-3,5H,4H2,1H3,(H,9,10). The van der Waals surface area contributed by atoms with Crippen molar-refractivity contribution in [1.82, 2.24) is 4.37 Å². The Balaban J connectivity index is 2.56. The van der Waals surface area contributed by atoms with E-state index in [4.69, 9.17) is 5.11 Å². The van der Waals surface area contributed by atoms with Crippen LogP contribution in [-0.2, 0) is 4.79 Å². The zero-order valence-electron chi connectivity index (χ0n) is 6.15. The van der Waals surface area contributed by atoms with Crippen LogP contribution in [0.15, 0.2) is 11.4 Å². The fourth-order valence-electron chi connectivity index (χ4n) is 0.843. The normalized spacial score (nSPS) is 12.8. The van der Waals surface area contributed by atoms with Crippen molar-refractivity contribution in [3.8, 4) is 0 Å². The van der Waals surface area contributed by atoms with Crippen LogP contribution in [0.1, 0.15) is 25.0 Å². The van der Waals surface area contributed by atoms with E-state index in [2.05, 4.69) is 4.37 Å². The number of carboxylic acid groups (broad SMARTS) is 1. The van der Waals surface area contributed by atoms with Gasteiger partial charge in [0.25, 0.3) is 0 Å². The third-order valence-electron chi connectivity index (χ3n) is 1.44. The van der Waals surface area contributed by atoms with Gasteiger partial charge in [-0.15, -0.1) is 0 Å². The van der Waals surface area contributed by atoms with E-state index in [0.29, 0.717) is 0 Å². The molecule has 0 radical (unpaired) electrons. The molecular formula is C7H9NO2S. The molecule has 0 aromatic carbocycles. The fraction of sp³-hybridized carbons (Fsp3) is 0.429. The van der Waals surface area contributed by atoms with Gasteiger partial charge < -0.3 is 5.11 Å². The van der Waals surface area contributed by atoms with Crippen LogP contribution in [0.25, 0.3) is 0 Å². The molecule has 1 aromatic rings. The summed E-state index contributed by atoms with van der Waals surface area (Å²) in [6, 6.07) is 1.86. The average molecular weight is 171 g/mol. The molecule has 0 aliphatic carbocycles. The molecule has 0 saturated heterocycles. The van der Waals surface area contributed by atoms with Gasteiger partial charge in [0, 0.05) is 11.3 Å². The molecule has 1 rings (SSSR count). The summed E-state index contributed by atoms with van der Waals surface area (Å²) in [7, 11) is 0. The number of hydrogen-bond acceptors (Lipinski definition) is 3. The van der Waals surface area contributed by atoms with E-state index >= 15 is 0 Å². The summed E-state index contributed by atoms with van der Waals surface area (Å²) in [5.41, 5.74) is 0.873. The Morgan fingerprint density at radius 1 is 1.91 bits per heavy atom. The number of rotatable bonds is 3. The molecule has 0 fully saturated rings. The SMILES string of the molecule is CC(CC(=O)O)c1ccsn1. The predicted octanol–water partition coefficient (Wildman–Crippen LogP) is 1.72. The molecule has 0 spiro atoms. The topological polar surface area (TPSA) is 50.2 Å². The Labute approximate surface area is 68.8 Å². The number of carbonyl (C=O) groups is 1. The average Bonchev–Trinajstić information content (AvgIpc) is 2.35. The number of hydrogen-bond donors (Lipinski definition) is 1. The van der Waals surface area contributed by atoms with Gasteiger partial charge in [0.1, 0.15) is 0 Å². The third kappa shape index (κ3) is 2.31. The molecule has 1 aromatic heterocycles. The van der Waals surface area contributed by atoms with Gasteiger partial charge in [-0.05, 0) is 17.6 Å². The van der Waals surface area contributed by atoms with E-state index in [0.717, 1.165) is 5.69 Å². The lowest BCUT2D eigenvalue weighted by Crippen LogP contribution is -2.02. The second kappa shape index (κ2) is 3.48. The van der Waals surface area contributed by atoms with E-state index in [-0.39, 0.29) is 12.3 Å². The highest BCUT2D eigenvalue weighted by Gasteiger charge is 2.10. The highest BCUT2D eigenvalue weighted by molar-refractivity contribution is 7.03. The number of nitrogens with zero attached hydrogens (tertiary/aromatic N) is 1. The van der Waals surface area contributed by atoms with E-state index in [9.17, 15) is 4.79 Å². The Morgan fingerprint density at radius 2 is 2.64 bits per heavy atom. The first-order valence-electron chi connectivity index (χ1n) is 3.32. The molecule has 11 heavy (non-hydrogen) atoms. The first-order chi connectivity index (χ1) is 5.20. The summed E-state index contributed by atoms with van der Waals surface area (Å²) in [6.07, 6.45) is 0.156. The maximum absolute atomic E-state index is 10.3. The number of carboxylic acids is 1. The van der Waals surface area contributed by atoms with Crippen molar-refractivity contribution in [2.75, 3.05) is 0 Å². The van der Waals surface area contributed by atoms with E-state index in [1.54, 1.807) is 0 Å². The van der Waals surface area contributed by atoms with E-state index in [1.165, 1.54) is 11.5 Å². The first kappa shape index (κ1) is 8.20. The third-order valence-corrected chi connectivity index (χ3v) is 2.02. The van der Waals surface area contributed by atoms with Crippen LogP contribution < -0.4 is 0 Å². The summed E-state index contributed by atoms with van der Waals surface area (Å²) in [6.45, 7) is 1.86. The molecule has 0 amide bonds. The van der Waals surface area contributed by atoms with Crippen LogP contribution in [0.3, 0.4) is 0 Å². The predicted molar refractivity (Wildman–Crippen MR) is 42.8 cm³/mol. The Bertz CT molecular complexity index is 233. The second-order valence-corrected chi connectivity index (χ2v) is 3.09.